The predicted octanol–water partition coefficient (Wildman–Crippen LogP) is 4.34. The van der Waals surface area contributed by atoms with Crippen LogP contribution in [0.15, 0.2) is 48.5 Å². The minimum Gasteiger partial charge on any atom is -0.491 e. The molecule has 0 aromatic heterocycles. The van der Waals surface area contributed by atoms with E-state index >= 15 is 0 Å². The topological polar surface area (TPSA) is 26.3 Å². The van der Waals surface area contributed by atoms with Gasteiger partial charge in [0.05, 0.1) is 6.10 Å². The van der Waals surface area contributed by atoms with Crippen molar-refractivity contribution in [2.75, 3.05) is 0 Å². The van der Waals surface area contributed by atoms with Crippen molar-refractivity contribution in [1.82, 2.24) is 0 Å². The predicted molar refractivity (Wildman–Crippen MR) is 77.6 cm³/mol. The van der Waals surface area contributed by atoms with Crippen molar-refractivity contribution in [1.29, 1.82) is 0 Å². The van der Waals surface area contributed by atoms with Crippen LogP contribution in [0.1, 0.15) is 31.1 Å². The van der Waals surface area contributed by atoms with Crippen molar-refractivity contribution in [2.24, 2.45) is 0 Å². The maximum atomic E-state index is 11.4. The van der Waals surface area contributed by atoms with E-state index in [1.165, 1.54) is 0 Å². The normalized spacial score (nSPS) is 10.5. The molecule has 98 valence electrons. The second-order valence-electron chi connectivity index (χ2n) is 4.83. The van der Waals surface area contributed by atoms with Crippen LogP contribution in [-0.2, 0) is 0 Å². The zero-order valence-corrected chi connectivity index (χ0v) is 11.5. The highest BCUT2D eigenvalue weighted by molar-refractivity contribution is 5.95. The minimum absolute atomic E-state index is 0.0848. The van der Waals surface area contributed by atoms with Crippen LogP contribution in [0, 0.1) is 0 Å². The van der Waals surface area contributed by atoms with Crippen LogP contribution in [0.3, 0.4) is 0 Å². The van der Waals surface area contributed by atoms with E-state index in [9.17, 15) is 4.79 Å². The van der Waals surface area contributed by atoms with Crippen LogP contribution in [0.2, 0.25) is 0 Å². The van der Waals surface area contributed by atoms with Gasteiger partial charge in [0, 0.05) is 5.56 Å². The number of benzene rings is 2. The fourth-order valence-electron chi connectivity index (χ4n) is 1.92. The van der Waals surface area contributed by atoms with Crippen LogP contribution in [0.5, 0.6) is 5.75 Å². The maximum absolute atomic E-state index is 11.4. The Morgan fingerprint density at radius 2 is 1.68 bits per heavy atom. The van der Waals surface area contributed by atoms with Crippen molar-refractivity contribution in [2.45, 2.75) is 26.9 Å². The Hall–Kier alpha value is -2.09. The van der Waals surface area contributed by atoms with Gasteiger partial charge in [-0.25, -0.2) is 0 Å². The first kappa shape index (κ1) is 13.3. The molecular formula is C17H18O2. The number of Topliss-reactive ketones (excluding diaryl/α,β-unsaturated/α-hetero) is 1. The molecule has 2 aromatic rings. The lowest BCUT2D eigenvalue weighted by molar-refractivity contribution is 0.101. The summed E-state index contributed by atoms with van der Waals surface area (Å²) < 4.78 is 5.61. The fourth-order valence-corrected chi connectivity index (χ4v) is 1.92. The molecular weight excluding hydrogens is 236 g/mol. The average molecular weight is 254 g/mol. The van der Waals surface area contributed by atoms with Gasteiger partial charge in [-0.15, -0.1) is 0 Å². The molecule has 2 heteroatoms. The third-order valence-electron chi connectivity index (χ3n) is 2.83. The van der Waals surface area contributed by atoms with Gasteiger partial charge in [0.25, 0.3) is 0 Å². The quantitative estimate of drug-likeness (QED) is 0.758. The standard InChI is InChI=1S/C17H18O2/c1-12(2)19-17-9-7-14(8-10-17)16-6-4-5-15(11-16)13(3)18/h4-12H,1-3H3. The first-order valence-corrected chi connectivity index (χ1v) is 6.44. The van der Waals surface area contributed by atoms with E-state index in [1.54, 1.807) is 6.92 Å². The minimum atomic E-state index is 0.0848. The average Bonchev–Trinajstić information content (AvgIpc) is 2.39. The van der Waals surface area contributed by atoms with Crippen molar-refractivity contribution >= 4 is 5.78 Å². The zero-order valence-electron chi connectivity index (χ0n) is 11.5. The van der Waals surface area contributed by atoms with E-state index < -0.39 is 0 Å². The van der Waals surface area contributed by atoms with Gasteiger partial charge in [-0.2, -0.15) is 0 Å². The lowest BCUT2D eigenvalue weighted by Crippen LogP contribution is -2.05. The van der Waals surface area contributed by atoms with E-state index in [0.29, 0.717) is 0 Å². The highest BCUT2D eigenvalue weighted by atomic mass is 16.5. The summed E-state index contributed by atoms with van der Waals surface area (Å²) in [4.78, 5) is 11.4. The summed E-state index contributed by atoms with van der Waals surface area (Å²) in [6, 6.07) is 15.6. The molecule has 0 amide bonds. The smallest absolute Gasteiger partial charge is 0.159 e. The Morgan fingerprint density at radius 1 is 1.00 bits per heavy atom. The number of hydrogen-bond acceptors (Lipinski definition) is 2. The third kappa shape index (κ3) is 3.44. The lowest BCUT2D eigenvalue weighted by Gasteiger charge is -2.10. The second kappa shape index (κ2) is 5.70. The number of hydrogen-bond donors (Lipinski definition) is 0. The summed E-state index contributed by atoms with van der Waals surface area (Å²) in [6.07, 6.45) is 0.173. The summed E-state index contributed by atoms with van der Waals surface area (Å²) >= 11 is 0. The van der Waals surface area contributed by atoms with Crippen LogP contribution in [0.25, 0.3) is 11.1 Å². The van der Waals surface area contributed by atoms with Gasteiger partial charge < -0.3 is 4.74 Å². The molecule has 0 aliphatic heterocycles. The summed E-state index contributed by atoms with van der Waals surface area (Å²) in [6.45, 7) is 5.59. The molecule has 0 unspecified atom stereocenters. The largest absolute Gasteiger partial charge is 0.491 e. The van der Waals surface area contributed by atoms with Crippen molar-refractivity contribution in [3.05, 3.63) is 54.1 Å². The van der Waals surface area contributed by atoms with Crippen LogP contribution < -0.4 is 4.74 Å². The van der Waals surface area contributed by atoms with Crippen LogP contribution >= 0.6 is 0 Å². The third-order valence-corrected chi connectivity index (χ3v) is 2.83. The molecule has 2 aromatic carbocycles. The van der Waals surface area contributed by atoms with Gasteiger partial charge >= 0.3 is 0 Å². The molecule has 0 aliphatic carbocycles. The molecule has 0 fully saturated rings. The molecule has 0 radical (unpaired) electrons. The Morgan fingerprint density at radius 3 is 2.26 bits per heavy atom. The van der Waals surface area contributed by atoms with Gasteiger partial charge in [-0.3, -0.25) is 4.79 Å². The van der Waals surface area contributed by atoms with E-state index in [2.05, 4.69) is 0 Å². The zero-order chi connectivity index (χ0) is 13.8. The van der Waals surface area contributed by atoms with Gasteiger partial charge in [-0.05, 0) is 50.1 Å². The molecule has 0 atom stereocenters. The highest BCUT2D eigenvalue weighted by Crippen LogP contribution is 2.23. The Labute approximate surface area is 114 Å². The molecule has 2 nitrogen and oxygen atoms in total. The van der Waals surface area contributed by atoms with Gasteiger partial charge in [0.15, 0.2) is 5.78 Å². The molecule has 2 rings (SSSR count). The number of ether oxygens (including phenoxy) is 1. The molecule has 0 bridgehead atoms. The van der Waals surface area contributed by atoms with Gasteiger partial charge in [0.2, 0.25) is 0 Å². The molecule has 0 heterocycles. The summed E-state index contributed by atoms with van der Waals surface area (Å²) in [5.74, 6) is 0.947. The number of rotatable bonds is 4. The molecule has 0 saturated carbocycles. The highest BCUT2D eigenvalue weighted by Gasteiger charge is 2.03. The van der Waals surface area contributed by atoms with E-state index in [-0.39, 0.29) is 11.9 Å². The molecule has 0 N–H and O–H groups in total. The summed E-state index contributed by atoms with van der Waals surface area (Å²) in [5, 5.41) is 0. The van der Waals surface area contributed by atoms with E-state index in [0.717, 1.165) is 22.4 Å². The summed E-state index contributed by atoms with van der Waals surface area (Å²) in [5.41, 5.74) is 2.86. The van der Waals surface area contributed by atoms with E-state index in [1.807, 2.05) is 62.4 Å². The number of ketones is 1. The number of carbonyl (C=O) groups is 1. The van der Waals surface area contributed by atoms with Crippen molar-refractivity contribution in [3.63, 3.8) is 0 Å². The Bertz CT molecular complexity index is 568. The summed E-state index contributed by atoms with van der Waals surface area (Å²) in [7, 11) is 0. The van der Waals surface area contributed by atoms with Gasteiger partial charge in [-0.1, -0.05) is 30.3 Å². The number of carbonyl (C=O) groups excluding carboxylic acids is 1. The second-order valence-corrected chi connectivity index (χ2v) is 4.83. The van der Waals surface area contributed by atoms with Crippen molar-refractivity contribution < 1.29 is 9.53 Å². The van der Waals surface area contributed by atoms with Crippen LogP contribution in [0.4, 0.5) is 0 Å². The molecule has 0 spiro atoms. The van der Waals surface area contributed by atoms with Crippen molar-refractivity contribution in [3.8, 4) is 16.9 Å². The molecule has 0 saturated heterocycles. The SMILES string of the molecule is CC(=O)c1cccc(-c2ccc(OC(C)C)cc2)c1. The van der Waals surface area contributed by atoms with E-state index in [4.69, 9.17) is 4.74 Å². The Balaban J connectivity index is 2.27. The fraction of sp³-hybridized carbons (Fsp3) is 0.235. The lowest BCUT2D eigenvalue weighted by atomic mass is 10.0. The Kier molecular flexibility index (Phi) is 4.00. The van der Waals surface area contributed by atoms with Gasteiger partial charge in [0.1, 0.15) is 5.75 Å². The monoisotopic (exact) mass is 254 g/mol. The first-order valence-electron chi connectivity index (χ1n) is 6.44. The maximum Gasteiger partial charge on any atom is 0.159 e. The van der Waals surface area contributed by atoms with Crippen LogP contribution in [-0.4, -0.2) is 11.9 Å². The molecule has 0 aliphatic rings. The first-order chi connectivity index (χ1) is 9.06. The molecule has 19 heavy (non-hydrogen) atoms.